The maximum Gasteiger partial charge on any atom is 0.0701 e. The van der Waals surface area contributed by atoms with Crippen molar-refractivity contribution in [2.75, 3.05) is 6.54 Å². The number of aromatic nitrogens is 1. The fourth-order valence-electron chi connectivity index (χ4n) is 1.59. The number of hydrogen-bond acceptors (Lipinski definition) is 2. The van der Waals surface area contributed by atoms with Crippen LogP contribution in [0.5, 0.6) is 0 Å². The largest absolute Gasteiger partial charge is 0.330 e. The van der Waals surface area contributed by atoms with Crippen molar-refractivity contribution in [3.63, 3.8) is 0 Å². The fraction of sp³-hybridized carbons (Fsp3) is 0.400. The molecular formula is C15H22N2. The number of nitrogens with zero attached hydrogens (tertiary/aromatic N) is 1. The van der Waals surface area contributed by atoms with Gasteiger partial charge in [0.15, 0.2) is 0 Å². The van der Waals surface area contributed by atoms with Gasteiger partial charge < -0.3 is 5.73 Å². The van der Waals surface area contributed by atoms with Crippen molar-refractivity contribution < 1.29 is 0 Å². The van der Waals surface area contributed by atoms with Gasteiger partial charge in [-0.15, -0.1) is 0 Å². The van der Waals surface area contributed by atoms with E-state index in [4.69, 9.17) is 5.73 Å². The number of benzene rings is 1. The normalized spacial score (nSPS) is 9.76. The van der Waals surface area contributed by atoms with Crippen molar-refractivity contribution >= 4 is 10.9 Å². The van der Waals surface area contributed by atoms with Crippen LogP contribution in [0.15, 0.2) is 42.6 Å². The van der Waals surface area contributed by atoms with Gasteiger partial charge in [0.05, 0.1) is 5.52 Å². The van der Waals surface area contributed by atoms with E-state index in [9.17, 15) is 0 Å². The Kier molecular flexibility index (Phi) is 6.99. The molecule has 0 aliphatic rings. The van der Waals surface area contributed by atoms with E-state index in [-0.39, 0.29) is 0 Å². The standard InChI is InChI=1S/C9H7N.C6H15N/c1-2-6-9-8(4-1)5-3-7-10-9;1-2-3-4-5-6-7/h1-7H;2-7H2,1H3. The van der Waals surface area contributed by atoms with Crippen LogP contribution in [0.2, 0.25) is 0 Å². The highest BCUT2D eigenvalue weighted by Gasteiger charge is 1.86. The molecule has 92 valence electrons. The zero-order valence-corrected chi connectivity index (χ0v) is 10.6. The summed E-state index contributed by atoms with van der Waals surface area (Å²) in [6, 6.07) is 12.1. The molecule has 1 aromatic carbocycles. The van der Waals surface area contributed by atoms with Gasteiger partial charge in [-0.05, 0) is 25.1 Å². The lowest BCUT2D eigenvalue weighted by Gasteiger charge is -1.91. The molecule has 0 bridgehead atoms. The van der Waals surface area contributed by atoms with Gasteiger partial charge in [-0.3, -0.25) is 4.98 Å². The van der Waals surface area contributed by atoms with Gasteiger partial charge in [0.25, 0.3) is 0 Å². The van der Waals surface area contributed by atoms with E-state index in [1.54, 1.807) is 0 Å². The summed E-state index contributed by atoms with van der Waals surface area (Å²) in [7, 11) is 0. The molecule has 2 rings (SSSR count). The second-order valence-electron chi connectivity index (χ2n) is 4.05. The molecule has 0 aliphatic heterocycles. The highest BCUT2D eigenvalue weighted by Crippen LogP contribution is 2.07. The van der Waals surface area contributed by atoms with Crippen LogP contribution in [-0.2, 0) is 0 Å². The van der Waals surface area contributed by atoms with Gasteiger partial charge >= 0.3 is 0 Å². The first-order valence-electron chi connectivity index (χ1n) is 6.38. The zero-order chi connectivity index (χ0) is 12.3. The van der Waals surface area contributed by atoms with E-state index in [0.717, 1.165) is 12.1 Å². The van der Waals surface area contributed by atoms with E-state index in [2.05, 4.69) is 24.0 Å². The minimum Gasteiger partial charge on any atom is -0.330 e. The maximum atomic E-state index is 5.27. The van der Waals surface area contributed by atoms with Crippen molar-refractivity contribution in [3.05, 3.63) is 42.6 Å². The van der Waals surface area contributed by atoms with Crippen LogP contribution >= 0.6 is 0 Å². The summed E-state index contributed by atoms with van der Waals surface area (Å²) in [6.07, 6.45) is 6.97. The quantitative estimate of drug-likeness (QED) is 0.812. The number of unbranched alkanes of at least 4 members (excludes halogenated alkanes) is 3. The predicted molar refractivity (Wildman–Crippen MR) is 74.9 cm³/mol. The summed E-state index contributed by atoms with van der Waals surface area (Å²) in [5.74, 6) is 0. The third-order valence-electron chi connectivity index (χ3n) is 2.57. The molecule has 0 spiro atoms. The fourth-order valence-corrected chi connectivity index (χ4v) is 1.59. The van der Waals surface area contributed by atoms with Gasteiger partial charge in [-0.25, -0.2) is 0 Å². The Bertz CT molecular complexity index is 343. The minimum atomic E-state index is 0.861. The molecule has 2 nitrogen and oxygen atoms in total. The Morgan fingerprint density at radius 2 is 1.76 bits per heavy atom. The summed E-state index contributed by atoms with van der Waals surface area (Å²) in [4.78, 5) is 4.18. The Hall–Kier alpha value is -1.41. The van der Waals surface area contributed by atoms with Crippen LogP contribution in [0.25, 0.3) is 10.9 Å². The molecule has 0 radical (unpaired) electrons. The topological polar surface area (TPSA) is 38.9 Å². The first kappa shape index (κ1) is 13.7. The number of para-hydroxylation sites is 1. The first-order chi connectivity index (χ1) is 8.38. The first-order valence-corrected chi connectivity index (χ1v) is 6.38. The predicted octanol–water partition coefficient (Wildman–Crippen LogP) is 3.76. The van der Waals surface area contributed by atoms with Crippen LogP contribution in [0.3, 0.4) is 0 Å². The van der Waals surface area contributed by atoms with Crippen molar-refractivity contribution in [1.82, 2.24) is 4.98 Å². The van der Waals surface area contributed by atoms with Gasteiger partial charge in [-0.1, -0.05) is 50.5 Å². The summed E-state index contributed by atoms with van der Waals surface area (Å²) in [5.41, 5.74) is 6.33. The number of fused-ring (bicyclic) bond motifs is 1. The lowest BCUT2D eigenvalue weighted by Crippen LogP contribution is -1.97. The average Bonchev–Trinajstić information content (AvgIpc) is 2.40. The van der Waals surface area contributed by atoms with Gasteiger partial charge in [0.2, 0.25) is 0 Å². The number of nitrogens with two attached hydrogens (primary N) is 1. The molecule has 0 atom stereocenters. The Morgan fingerprint density at radius 3 is 2.47 bits per heavy atom. The summed E-state index contributed by atoms with van der Waals surface area (Å²) in [6.45, 7) is 3.07. The number of pyridine rings is 1. The highest BCUT2D eigenvalue weighted by molar-refractivity contribution is 5.77. The van der Waals surface area contributed by atoms with Crippen molar-refractivity contribution in [2.45, 2.75) is 32.6 Å². The molecule has 0 saturated carbocycles. The Balaban J connectivity index is 0.000000185. The van der Waals surface area contributed by atoms with Crippen molar-refractivity contribution in [2.24, 2.45) is 5.73 Å². The Labute approximate surface area is 104 Å². The Morgan fingerprint density at radius 1 is 1.00 bits per heavy atom. The van der Waals surface area contributed by atoms with Gasteiger partial charge in [0, 0.05) is 11.6 Å². The third kappa shape index (κ3) is 5.45. The van der Waals surface area contributed by atoms with Crippen molar-refractivity contribution in [3.8, 4) is 0 Å². The lowest BCUT2D eigenvalue weighted by atomic mass is 10.2. The number of hydrogen-bond donors (Lipinski definition) is 1. The second-order valence-corrected chi connectivity index (χ2v) is 4.05. The van der Waals surface area contributed by atoms with Crippen molar-refractivity contribution in [1.29, 1.82) is 0 Å². The zero-order valence-electron chi connectivity index (χ0n) is 10.6. The molecule has 2 heteroatoms. The average molecular weight is 230 g/mol. The molecule has 0 fully saturated rings. The van der Waals surface area contributed by atoms with E-state index < -0.39 is 0 Å². The van der Waals surface area contributed by atoms with Crippen LogP contribution in [0, 0.1) is 0 Å². The van der Waals surface area contributed by atoms with E-state index in [0.29, 0.717) is 0 Å². The number of rotatable bonds is 4. The maximum absolute atomic E-state index is 5.27. The molecule has 0 aliphatic carbocycles. The van der Waals surface area contributed by atoms with Gasteiger partial charge in [0.1, 0.15) is 0 Å². The molecule has 2 N–H and O–H groups in total. The molecule has 1 aromatic heterocycles. The van der Waals surface area contributed by atoms with Gasteiger partial charge in [-0.2, -0.15) is 0 Å². The molecule has 2 aromatic rings. The molecular weight excluding hydrogens is 208 g/mol. The molecule has 0 unspecified atom stereocenters. The van der Waals surface area contributed by atoms with Crippen LogP contribution in [0.4, 0.5) is 0 Å². The molecule has 1 heterocycles. The van der Waals surface area contributed by atoms with E-state index in [1.165, 1.54) is 31.1 Å². The van der Waals surface area contributed by atoms with Crippen LogP contribution in [-0.4, -0.2) is 11.5 Å². The smallest absolute Gasteiger partial charge is 0.0701 e. The SMILES string of the molecule is CCCCCCN.c1ccc2ncccc2c1. The molecule has 0 amide bonds. The summed E-state index contributed by atoms with van der Waals surface area (Å²) >= 11 is 0. The monoisotopic (exact) mass is 230 g/mol. The summed E-state index contributed by atoms with van der Waals surface area (Å²) < 4.78 is 0. The van der Waals surface area contributed by atoms with E-state index >= 15 is 0 Å². The highest BCUT2D eigenvalue weighted by atomic mass is 14.6. The molecule has 0 saturated heterocycles. The third-order valence-corrected chi connectivity index (χ3v) is 2.57. The van der Waals surface area contributed by atoms with Crippen LogP contribution in [0.1, 0.15) is 32.6 Å². The van der Waals surface area contributed by atoms with E-state index in [1.807, 2.05) is 30.5 Å². The van der Waals surface area contributed by atoms with Crippen LogP contribution < -0.4 is 5.73 Å². The second kappa shape index (κ2) is 8.71. The molecule has 17 heavy (non-hydrogen) atoms. The summed E-state index contributed by atoms with van der Waals surface area (Å²) in [5, 5.41) is 1.20. The lowest BCUT2D eigenvalue weighted by molar-refractivity contribution is 0.674. The minimum absolute atomic E-state index is 0.861.